The molecule has 3 rings (SSSR count). The highest BCUT2D eigenvalue weighted by atomic mass is 19.1. The molecule has 0 spiro atoms. The van der Waals surface area contributed by atoms with Crippen molar-refractivity contribution >= 4 is 22.7 Å². The molecule has 0 bridgehead atoms. The van der Waals surface area contributed by atoms with Crippen LogP contribution in [0, 0.1) is 12.7 Å². The smallest absolute Gasteiger partial charge is 0.265 e. The number of rotatable bonds is 2. The van der Waals surface area contributed by atoms with Crippen LogP contribution in [0.1, 0.15) is 16.1 Å². The van der Waals surface area contributed by atoms with Gasteiger partial charge in [-0.2, -0.15) is 0 Å². The van der Waals surface area contributed by atoms with Crippen LogP contribution in [0.25, 0.3) is 11.1 Å². The summed E-state index contributed by atoms with van der Waals surface area (Å²) in [5, 5.41) is 2.66. The van der Waals surface area contributed by atoms with Gasteiger partial charge in [0.1, 0.15) is 23.3 Å². The lowest BCUT2D eigenvalue weighted by atomic mass is 10.1. The Bertz CT molecular complexity index is 943. The molecule has 0 unspecified atom stereocenters. The summed E-state index contributed by atoms with van der Waals surface area (Å²) in [4.78, 5) is 28.6. The van der Waals surface area contributed by atoms with E-state index in [1.54, 1.807) is 13.0 Å². The normalized spacial score (nSPS) is 10.9. The van der Waals surface area contributed by atoms with Crippen molar-refractivity contribution in [2.75, 3.05) is 5.32 Å². The number of carbonyl (C=O) groups is 1. The SMILES string of the molecule is Cc1oc2ncn(C)c(=O)c2c1C(=O)Nc1cccc(F)c1. The van der Waals surface area contributed by atoms with Crippen LogP contribution < -0.4 is 10.9 Å². The van der Waals surface area contributed by atoms with Gasteiger partial charge in [0.25, 0.3) is 11.5 Å². The first-order valence-corrected chi connectivity index (χ1v) is 6.49. The fourth-order valence-corrected chi connectivity index (χ4v) is 2.22. The van der Waals surface area contributed by atoms with Gasteiger partial charge >= 0.3 is 0 Å². The minimum absolute atomic E-state index is 0.102. The largest absolute Gasteiger partial charge is 0.442 e. The molecule has 0 saturated carbocycles. The third-order valence-electron chi connectivity index (χ3n) is 3.26. The van der Waals surface area contributed by atoms with Crippen molar-refractivity contribution in [1.29, 1.82) is 0 Å². The van der Waals surface area contributed by atoms with Crippen LogP contribution in [0.5, 0.6) is 0 Å². The van der Waals surface area contributed by atoms with Gasteiger partial charge in [0, 0.05) is 12.7 Å². The quantitative estimate of drug-likeness (QED) is 0.787. The standard InChI is InChI=1S/C15H12FN3O3/c1-8-11(12-14(22-8)17-7-19(2)15(12)21)13(20)18-10-5-3-4-9(16)6-10/h3-7H,1-2H3,(H,18,20). The topological polar surface area (TPSA) is 77.1 Å². The number of aryl methyl sites for hydroxylation is 2. The Hall–Kier alpha value is -2.96. The van der Waals surface area contributed by atoms with Gasteiger partial charge in [-0.3, -0.25) is 9.59 Å². The maximum absolute atomic E-state index is 13.2. The average molecular weight is 301 g/mol. The Kier molecular flexibility index (Phi) is 3.25. The Morgan fingerprint density at radius 2 is 2.18 bits per heavy atom. The second-order valence-corrected chi connectivity index (χ2v) is 4.84. The van der Waals surface area contributed by atoms with Crippen LogP contribution in [0.2, 0.25) is 0 Å². The fraction of sp³-hybridized carbons (Fsp3) is 0.133. The maximum Gasteiger partial charge on any atom is 0.265 e. The first kappa shape index (κ1) is 14.0. The van der Waals surface area contributed by atoms with Crippen molar-refractivity contribution in [3.8, 4) is 0 Å². The summed E-state index contributed by atoms with van der Waals surface area (Å²) in [6.45, 7) is 1.57. The number of nitrogens with zero attached hydrogens (tertiary/aromatic N) is 2. The van der Waals surface area contributed by atoms with Gasteiger partial charge in [0.15, 0.2) is 0 Å². The van der Waals surface area contributed by atoms with E-state index in [-0.39, 0.29) is 28.0 Å². The highest BCUT2D eigenvalue weighted by molar-refractivity contribution is 6.12. The number of halogens is 1. The molecule has 22 heavy (non-hydrogen) atoms. The van der Waals surface area contributed by atoms with Crippen molar-refractivity contribution in [1.82, 2.24) is 9.55 Å². The second kappa shape index (κ2) is 5.10. The number of carbonyl (C=O) groups excluding carboxylic acids is 1. The van der Waals surface area contributed by atoms with Gasteiger partial charge in [-0.15, -0.1) is 0 Å². The lowest BCUT2D eigenvalue weighted by Gasteiger charge is -2.04. The zero-order valence-electron chi connectivity index (χ0n) is 11.9. The Labute approximate surface area is 124 Å². The van der Waals surface area contributed by atoms with Gasteiger partial charge < -0.3 is 14.3 Å². The molecule has 1 amide bonds. The minimum atomic E-state index is -0.549. The first-order valence-electron chi connectivity index (χ1n) is 6.49. The molecule has 6 nitrogen and oxygen atoms in total. The molecule has 112 valence electrons. The summed E-state index contributed by atoms with van der Waals surface area (Å²) in [6, 6.07) is 5.49. The van der Waals surface area contributed by atoms with Gasteiger partial charge in [-0.1, -0.05) is 6.07 Å². The van der Waals surface area contributed by atoms with Crippen LogP contribution in [0.3, 0.4) is 0 Å². The minimum Gasteiger partial charge on any atom is -0.442 e. The number of fused-ring (bicyclic) bond motifs is 1. The lowest BCUT2D eigenvalue weighted by molar-refractivity contribution is 0.102. The fourth-order valence-electron chi connectivity index (χ4n) is 2.22. The van der Waals surface area contributed by atoms with Crippen LogP contribution in [0.4, 0.5) is 10.1 Å². The van der Waals surface area contributed by atoms with Gasteiger partial charge in [0.2, 0.25) is 5.71 Å². The molecule has 0 aliphatic heterocycles. The van der Waals surface area contributed by atoms with E-state index < -0.39 is 11.7 Å². The Balaban J connectivity index is 2.10. The Morgan fingerprint density at radius 3 is 2.91 bits per heavy atom. The number of aromatic nitrogens is 2. The van der Waals surface area contributed by atoms with E-state index in [2.05, 4.69) is 10.3 Å². The number of furan rings is 1. The van der Waals surface area contributed by atoms with Crippen molar-refractivity contribution in [2.24, 2.45) is 7.05 Å². The summed E-state index contributed by atoms with van der Waals surface area (Å²) in [5.41, 5.74) is 0.114. The van der Waals surface area contributed by atoms with Crippen molar-refractivity contribution < 1.29 is 13.6 Å². The third-order valence-corrected chi connectivity index (χ3v) is 3.26. The van der Waals surface area contributed by atoms with E-state index in [1.807, 2.05) is 0 Å². The molecule has 0 atom stereocenters. The van der Waals surface area contributed by atoms with Crippen LogP contribution in [-0.2, 0) is 7.05 Å². The zero-order chi connectivity index (χ0) is 15.9. The van der Waals surface area contributed by atoms with Gasteiger partial charge in [-0.25, -0.2) is 9.37 Å². The number of hydrogen-bond acceptors (Lipinski definition) is 4. The van der Waals surface area contributed by atoms with Gasteiger partial charge in [-0.05, 0) is 25.1 Å². The number of amides is 1. The molecule has 7 heteroatoms. The van der Waals surface area contributed by atoms with E-state index in [0.717, 1.165) is 0 Å². The van der Waals surface area contributed by atoms with Gasteiger partial charge in [0.05, 0.1) is 5.56 Å². The molecular formula is C15H12FN3O3. The molecule has 2 aromatic heterocycles. The van der Waals surface area contributed by atoms with E-state index in [1.165, 1.54) is 36.1 Å². The predicted molar refractivity (Wildman–Crippen MR) is 78.3 cm³/mol. The van der Waals surface area contributed by atoms with Crippen LogP contribution >= 0.6 is 0 Å². The summed E-state index contributed by atoms with van der Waals surface area (Å²) in [7, 11) is 1.53. The van der Waals surface area contributed by atoms with Crippen molar-refractivity contribution in [3.05, 3.63) is 58.1 Å². The molecule has 0 aliphatic carbocycles. The number of hydrogen-bond donors (Lipinski definition) is 1. The van der Waals surface area contributed by atoms with E-state index in [0.29, 0.717) is 5.69 Å². The summed E-state index contributed by atoms with van der Waals surface area (Å²) in [5.74, 6) is -0.740. The van der Waals surface area contributed by atoms with E-state index in [4.69, 9.17) is 4.42 Å². The molecule has 0 radical (unpaired) electrons. The molecule has 1 aromatic carbocycles. The molecule has 0 aliphatic rings. The zero-order valence-corrected chi connectivity index (χ0v) is 11.9. The third kappa shape index (κ3) is 2.26. The van der Waals surface area contributed by atoms with Crippen LogP contribution in [0.15, 0.2) is 39.8 Å². The summed E-state index contributed by atoms with van der Waals surface area (Å²) < 4.78 is 19.8. The molecule has 0 saturated heterocycles. The molecule has 3 aromatic rings. The van der Waals surface area contributed by atoms with Crippen LogP contribution in [-0.4, -0.2) is 15.5 Å². The first-order chi connectivity index (χ1) is 10.5. The lowest BCUT2D eigenvalue weighted by Crippen LogP contribution is -2.20. The summed E-state index contributed by atoms with van der Waals surface area (Å²) in [6.07, 6.45) is 1.32. The highest BCUT2D eigenvalue weighted by Gasteiger charge is 2.22. The highest BCUT2D eigenvalue weighted by Crippen LogP contribution is 2.22. The predicted octanol–water partition coefficient (Wildman–Crippen LogP) is 2.23. The van der Waals surface area contributed by atoms with E-state index >= 15 is 0 Å². The summed E-state index contributed by atoms with van der Waals surface area (Å²) >= 11 is 0. The monoisotopic (exact) mass is 301 g/mol. The molecular weight excluding hydrogens is 289 g/mol. The van der Waals surface area contributed by atoms with Crippen molar-refractivity contribution in [3.63, 3.8) is 0 Å². The Morgan fingerprint density at radius 1 is 1.41 bits per heavy atom. The molecule has 2 heterocycles. The van der Waals surface area contributed by atoms with E-state index in [9.17, 15) is 14.0 Å². The number of benzene rings is 1. The molecule has 0 fully saturated rings. The van der Waals surface area contributed by atoms with Crippen molar-refractivity contribution in [2.45, 2.75) is 6.92 Å². The maximum atomic E-state index is 13.2. The second-order valence-electron chi connectivity index (χ2n) is 4.84. The molecule has 1 N–H and O–H groups in total. The number of nitrogens with one attached hydrogen (secondary N) is 1. The average Bonchev–Trinajstić information content (AvgIpc) is 2.80. The number of anilines is 1.